The van der Waals surface area contributed by atoms with Crippen molar-refractivity contribution in [2.45, 2.75) is 31.7 Å². The highest BCUT2D eigenvalue weighted by Gasteiger charge is 2.66. The number of terminal acetylenes is 1. The van der Waals surface area contributed by atoms with E-state index in [1.807, 2.05) is 0 Å². The van der Waals surface area contributed by atoms with E-state index in [2.05, 4.69) is 11.4 Å². The lowest BCUT2D eigenvalue weighted by atomic mass is 9.59. The van der Waals surface area contributed by atoms with E-state index in [4.69, 9.17) is 6.42 Å². The van der Waals surface area contributed by atoms with Crippen molar-refractivity contribution < 1.29 is 0 Å². The van der Waals surface area contributed by atoms with Crippen LogP contribution < -0.4 is 5.32 Å². The fraction of sp³-hybridized carbons (Fsp3) is 0.800. The quantitative estimate of drug-likeness (QED) is 0.436. The number of rotatable bonds is 1. The molecule has 58 valence electrons. The zero-order valence-corrected chi connectivity index (χ0v) is 6.64. The van der Waals surface area contributed by atoms with Crippen LogP contribution in [0.1, 0.15) is 25.7 Å². The molecule has 0 radical (unpaired) electrons. The standard InChI is InChI=1S/C10H13N/c1-2-11-9-8-6-10(9)4-3-7(8)5-10/h1,7-9,11H,3-6H2. The molecule has 1 N–H and O–H groups in total. The third-order valence-electron chi connectivity index (χ3n) is 4.26. The first kappa shape index (κ1) is 5.94. The second-order valence-electron chi connectivity index (χ2n) is 4.50. The van der Waals surface area contributed by atoms with Gasteiger partial charge in [-0.05, 0) is 42.9 Å². The fourth-order valence-electron chi connectivity index (χ4n) is 3.83. The van der Waals surface area contributed by atoms with Crippen LogP contribution in [-0.4, -0.2) is 6.04 Å². The number of hydrogen-bond donors (Lipinski definition) is 1. The maximum absolute atomic E-state index is 5.26. The monoisotopic (exact) mass is 147 g/mol. The second-order valence-corrected chi connectivity index (χ2v) is 4.50. The largest absolute Gasteiger partial charge is 0.342 e. The number of nitrogens with one attached hydrogen (secondary N) is 1. The third-order valence-corrected chi connectivity index (χ3v) is 4.26. The summed E-state index contributed by atoms with van der Waals surface area (Å²) in [5, 5.41) is 3.19. The van der Waals surface area contributed by atoms with E-state index in [0.717, 1.165) is 11.8 Å². The van der Waals surface area contributed by atoms with Crippen LogP contribution in [0.3, 0.4) is 0 Å². The molecule has 4 aliphatic rings. The Hall–Kier alpha value is -0.640. The Morgan fingerprint density at radius 3 is 2.82 bits per heavy atom. The Morgan fingerprint density at radius 2 is 2.36 bits per heavy atom. The van der Waals surface area contributed by atoms with Gasteiger partial charge in [-0.25, -0.2) is 0 Å². The zero-order valence-electron chi connectivity index (χ0n) is 6.64. The van der Waals surface area contributed by atoms with E-state index in [1.165, 1.54) is 25.7 Å². The summed E-state index contributed by atoms with van der Waals surface area (Å²) in [5.41, 5.74) is 0.668. The lowest BCUT2D eigenvalue weighted by Crippen LogP contribution is -2.55. The van der Waals surface area contributed by atoms with E-state index in [1.54, 1.807) is 0 Å². The molecule has 0 aliphatic heterocycles. The molecule has 4 rings (SSSR count). The van der Waals surface area contributed by atoms with Crippen LogP contribution in [-0.2, 0) is 0 Å². The summed E-state index contributed by atoms with van der Waals surface area (Å²) in [6.45, 7) is 0. The molecule has 4 atom stereocenters. The average Bonchev–Trinajstić information content (AvgIpc) is 2.63. The van der Waals surface area contributed by atoms with Gasteiger partial charge in [-0.15, -0.1) is 0 Å². The minimum Gasteiger partial charge on any atom is -0.342 e. The van der Waals surface area contributed by atoms with Crippen LogP contribution in [0.2, 0.25) is 0 Å². The first-order valence-electron chi connectivity index (χ1n) is 4.57. The molecular weight excluding hydrogens is 134 g/mol. The van der Waals surface area contributed by atoms with Crippen LogP contribution in [0.4, 0.5) is 0 Å². The maximum atomic E-state index is 5.26. The van der Waals surface area contributed by atoms with Gasteiger partial charge in [-0.3, -0.25) is 0 Å². The van der Waals surface area contributed by atoms with Gasteiger partial charge in [-0.2, -0.15) is 0 Å². The molecule has 4 aliphatic carbocycles. The van der Waals surface area contributed by atoms with Crippen molar-refractivity contribution in [3.63, 3.8) is 0 Å². The van der Waals surface area contributed by atoms with E-state index in [-0.39, 0.29) is 0 Å². The summed E-state index contributed by atoms with van der Waals surface area (Å²) in [6, 6.07) is 3.30. The Balaban J connectivity index is 1.89. The molecule has 0 aromatic heterocycles. The van der Waals surface area contributed by atoms with Gasteiger partial charge < -0.3 is 5.32 Å². The SMILES string of the molecule is C#CNC1C2CC13CCC2C3. The number of hydrogen-bond acceptors (Lipinski definition) is 1. The lowest BCUT2D eigenvalue weighted by molar-refractivity contribution is 0.0360. The van der Waals surface area contributed by atoms with Crippen molar-refractivity contribution in [1.29, 1.82) is 0 Å². The molecule has 0 aromatic rings. The Labute approximate surface area is 67.6 Å². The molecule has 0 saturated heterocycles. The Kier molecular flexibility index (Phi) is 0.852. The van der Waals surface area contributed by atoms with E-state index in [0.29, 0.717) is 11.5 Å². The molecular formula is C10H13N. The van der Waals surface area contributed by atoms with Crippen molar-refractivity contribution in [2.75, 3.05) is 0 Å². The first-order chi connectivity index (χ1) is 5.36. The van der Waals surface area contributed by atoms with Gasteiger partial charge in [0.05, 0.1) is 0 Å². The van der Waals surface area contributed by atoms with Crippen molar-refractivity contribution >= 4 is 0 Å². The fourth-order valence-corrected chi connectivity index (χ4v) is 3.83. The molecule has 0 amide bonds. The van der Waals surface area contributed by atoms with E-state index >= 15 is 0 Å². The minimum absolute atomic E-state index is 0.668. The van der Waals surface area contributed by atoms with Crippen molar-refractivity contribution in [3.05, 3.63) is 0 Å². The van der Waals surface area contributed by atoms with Crippen molar-refractivity contribution in [2.24, 2.45) is 17.3 Å². The van der Waals surface area contributed by atoms with Crippen LogP contribution >= 0.6 is 0 Å². The van der Waals surface area contributed by atoms with Gasteiger partial charge in [0.1, 0.15) is 0 Å². The van der Waals surface area contributed by atoms with Gasteiger partial charge in [0.2, 0.25) is 0 Å². The average molecular weight is 147 g/mol. The van der Waals surface area contributed by atoms with Crippen molar-refractivity contribution in [1.82, 2.24) is 5.32 Å². The molecule has 0 heterocycles. The normalized spacial score (nSPS) is 56.8. The van der Waals surface area contributed by atoms with Gasteiger partial charge >= 0.3 is 0 Å². The van der Waals surface area contributed by atoms with Gasteiger partial charge in [-0.1, -0.05) is 6.42 Å². The molecule has 4 fully saturated rings. The van der Waals surface area contributed by atoms with Crippen molar-refractivity contribution in [3.8, 4) is 12.5 Å². The molecule has 1 heteroatoms. The predicted octanol–water partition coefficient (Wildman–Crippen LogP) is 1.36. The Morgan fingerprint density at radius 1 is 1.45 bits per heavy atom. The van der Waals surface area contributed by atoms with Gasteiger partial charge in [0, 0.05) is 12.1 Å². The highest BCUT2D eigenvalue weighted by Crippen LogP contribution is 2.70. The van der Waals surface area contributed by atoms with Crippen LogP contribution in [0, 0.1) is 29.7 Å². The van der Waals surface area contributed by atoms with Crippen LogP contribution in [0.15, 0.2) is 0 Å². The lowest BCUT2D eigenvalue weighted by Gasteiger charge is -2.50. The summed E-state index contributed by atoms with van der Waals surface area (Å²) in [6.07, 6.45) is 11.1. The zero-order chi connectivity index (χ0) is 7.47. The van der Waals surface area contributed by atoms with E-state index in [9.17, 15) is 0 Å². The first-order valence-corrected chi connectivity index (χ1v) is 4.57. The molecule has 1 nitrogen and oxygen atoms in total. The molecule has 11 heavy (non-hydrogen) atoms. The summed E-state index contributed by atoms with van der Waals surface area (Å²) >= 11 is 0. The smallest absolute Gasteiger partial charge is 0.0428 e. The van der Waals surface area contributed by atoms with Gasteiger partial charge in [0.25, 0.3) is 0 Å². The Bertz CT molecular complexity index is 236. The highest BCUT2D eigenvalue weighted by molar-refractivity contribution is 5.20. The predicted molar refractivity (Wildman–Crippen MR) is 43.6 cm³/mol. The summed E-state index contributed by atoms with van der Waals surface area (Å²) in [4.78, 5) is 0. The van der Waals surface area contributed by atoms with Crippen LogP contribution in [0.25, 0.3) is 0 Å². The van der Waals surface area contributed by atoms with Gasteiger partial charge in [0.15, 0.2) is 0 Å². The molecule has 3 bridgehead atoms. The summed E-state index contributed by atoms with van der Waals surface area (Å²) < 4.78 is 0. The summed E-state index contributed by atoms with van der Waals surface area (Å²) in [7, 11) is 0. The summed E-state index contributed by atoms with van der Waals surface area (Å²) in [5.74, 6) is 1.97. The molecule has 1 spiro atoms. The second kappa shape index (κ2) is 1.58. The topological polar surface area (TPSA) is 12.0 Å². The van der Waals surface area contributed by atoms with E-state index < -0.39 is 0 Å². The maximum Gasteiger partial charge on any atom is 0.0428 e. The molecule has 0 aromatic carbocycles. The third kappa shape index (κ3) is 0.484. The highest BCUT2D eigenvalue weighted by atomic mass is 15.0. The van der Waals surface area contributed by atoms with Crippen LogP contribution in [0.5, 0.6) is 0 Å². The minimum atomic E-state index is 0.668. The molecule has 4 saturated carbocycles. The molecule has 4 unspecified atom stereocenters.